The molecular formula is C19H24N2O3. The number of benzene rings is 1. The first-order chi connectivity index (χ1) is 11.7. The second-order valence-electron chi connectivity index (χ2n) is 6.23. The molecule has 1 aromatic heterocycles. The lowest BCUT2D eigenvalue weighted by Crippen LogP contribution is -2.39. The Bertz CT molecular complexity index is 650. The Morgan fingerprint density at radius 3 is 2.92 bits per heavy atom. The average molecular weight is 328 g/mol. The van der Waals surface area contributed by atoms with Crippen LogP contribution in [0.3, 0.4) is 0 Å². The molecule has 0 unspecified atom stereocenters. The van der Waals surface area contributed by atoms with E-state index in [9.17, 15) is 4.79 Å². The number of carbonyl (C=O) groups is 1. The van der Waals surface area contributed by atoms with E-state index in [4.69, 9.17) is 9.15 Å². The van der Waals surface area contributed by atoms with Crippen molar-refractivity contribution in [1.82, 2.24) is 10.2 Å². The van der Waals surface area contributed by atoms with Gasteiger partial charge in [0.25, 0.3) is 0 Å². The predicted octanol–water partition coefficient (Wildman–Crippen LogP) is 2.75. The molecule has 5 heteroatoms. The summed E-state index contributed by atoms with van der Waals surface area (Å²) in [6.45, 7) is 4.09. The maximum atomic E-state index is 12.1. The number of ether oxygens (including phenoxy) is 1. The van der Waals surface area contributed by atoms with Crippen LogP contribution in [-0.2, 0) is 11.3 Å². The molecule has 1 fully saturated rings. The molecule has 1 N–H and O–H groups in total. The summed E-state index contributed by atoms with van der Waals surface area (Å²) in [5.74, 6) is 1.76. The first-order valence-corrected chi connectivity index (χ1v) is 8.43. The molecular weight excluding hydrogens is 304 g/mol. The van der Waals surface area contributed by atoms with E-state index in [1.165, 1.54) is 0 Å². The minimum absolute atomic E-state index is 0.0290. The predicted molar refractivity (Wildman–Crippen MR) is 91.8 cm³/mol. The largest absolute Gasteiger partial charge is 0.492 e. The van der Waals surface area contributed by atoms with Gasteiger partial charge < -0.3 is 14.5 Å². The highest BCUT2D eigenvalue weighted by molar-refractivity contribution is 5.78. The van der Waals surface area contributed by atoms with Crippen LogP contribution in [0.15, 0.2) is 47.1 Å². The molecule has 24 heavy (non-hydrogen) atoms. The number of hydrogen-bond donors (Lipinski definition) is 1. The van der Waals surface area contributed by atoms with Gasteiger partial charge in [0.05, 0.1) is 25.9 Å². The van der Waals surface area contributed by atoms with Crippen molar-refractivity contribution in [3.63, 3.8) is 0 Å². The Kier molecular flexibility index (Phi) is 5.54. The Morgan fingerprint density at radius 1 is 1.33 bits per heavy atom. The van der Waals surface area contributed by atoms with Crippen molar-refractivity contribution >= 4 is 5.91 Å². The number of amides is 1. The van der Waals surface area contributed by atoms with E-state index >= 15 is 0 Å². The summed E-state index contributed by atoms with van der Waals surface area (Å²) in [6.07, 6.45) is 3.98. The minimum Gasteiger partial charge on any atom is -0.492 e. The molecule has 1 aliphatic rings. The van der Waals surface area contributed by atoms with Crippen LogP contribution in [0.25, 0.3) is 0 Å². The zero-order chi connectivity index (χ0) is 16.8. The van der Waals surface area contributed by atoms with Crippen molar-refractivity contribution < 1.29 is 13.9 Å². The highest BCUT2D eigenvalue weighted by atomic mass is 16.5. The zero-order valence-corrected chi connectivity index (χ0v) is 14.0. The normalized spacial score (nSPS) is 13.9. The fourth-order valence-corrected chi connectivity index (χ4v) is 2.66. The van der Waals surface area contributed by atoms with Gasteiger partial charge in [0.2, 0.25) is 5.91 Å². The van der Waals surface area contributed by atoms with Crippen LogP contribution in [0.5, 0.6) is 5.75 Å². The monoisotopic (exact) mass is 328 g/mol. The summed E-state index contributed by atoms with van der Waals surface area (Å²) in [7, 11) is 0. The molecule has 3 rings (SSSR count). The lowest BCUT2D eigenvalue weighted by Gasteiger charge is -2.20. The molecule has 0 bridgehead atoms. The van der Waals surface area contributed by atoms with Gasteiger partial charge in [-0.2, -0.15) is 0 Å². The van der Waals surface area contributed by atoms with Crippen molar-refractivity contribution in [1.29, 1.82) is 0 Å². The van der Waals surface area contributed by atoms with E-state index in [-0.39, 0.29) is 5.91 Å². The molecule has 2 aromatic rings. The molecule has 0 spiro atoms. The van der Waals surface area contributed by atoms with E-state index in [0.29, 0.717) is 32.3 Å². The number of nitrogens with one attached hydrogen (secondary N) is 1. The molecule has 5 nitrogen and oxygen atoms in total. The maximum Gasteiger partial charge on any atom is 0.234 e. The van der Waals surface area contributed by atoms with Gasteiger partial charge in [0, 0.05) is 6.04 Å². The molecule has 0 atom stereocenters. The van der Waals surface area contributed by atoms with Crippen molar-refractivity contribution in [2.75, 3.05) is 19.7 Å². The number of nitrogens with zero attached hydrogens (tertiary/aromatic N) is 1. The van der Waals surface area contributed by atoms with E-state index in [2.05, 4.69) is 10.2 Å². The Labute approximate surface area is 142 Å². The van der Waals surface area contributed by atoms with Crippen LogP contribution in [0.4, 0.5) is 0 Å². The van der Waals surface area contributed by atoms with Gasteiger partial charge in [-0.25, -0.2) is 0 Å². The Balaban J connectivity index is 1.38. The van der Waals surface area contributed by atoms with Gasteiger partial charge in [0.15, 0.2) is 0 Å². The molecule has 1 saturated carbocycles. The number of hydrogen-bond acceptors (Lipinski definition) is 4. The zero-order valence-electron chi connectivity index (χ0n) is 14.0. The third-order valence-corrected chi connectivity index (χ3v) is 4.03. The molecule has 0 aliphatic heterocycles. The van der Waals surface area contributed by atoms with Gasteiger partial charge in [0.1, 0.15) is 18.1 Å². The van der Waals surface area contributed by atoms with Crippen LogP contribution in [0, 0.1) is 6.92 Å². The van der Waals surface area contributed by atoms with Crippen molar-refractivity contribution in [2.45, 2.75) is 32.4 Å². The summed E-state index contributed by atoms with van der Waals surface area (Å²) in [6, 6.07) is 12.2. The SMILES string of the molecule is Cc1cccc(OCCNC(=O)CN(Cc2ccco2)C2CC2)c1. The van der Waals surface area contributed by atoms with Gasteiger partial charge >= 0.3 is 0 Å². The van der Waals surface area contributed by atoms with E-state index in [1.54, 1.807) is 6.26 Å². The standard InChI is InChI=1S/C19H24N2O3/c1-15-4-2-5-17(12-15)24-11-9-20-19(22)14-21(16-7-8-16)13-18-6-3-10-23-18/h2-6,10,12,16H,7-9,11,13-14H2,1H3,(H,20,22). The minimum atomic E-state index is 0.0290. The van der Waals surface area contributed by atoms with Crippen LogP contribution >= 0.6 is 0 Å². The molecule has 1 amide bonds. The van der Waals surface area contributed by atoms with E-state index in [0.717, 1.165) is 29.9 Å². The summed E-state index contributed by atoms with van der Waals surface area (Å²) in [5.41, 5.74) is 1.16. The molecule has 128 valence electrons. The lowest BCUT2D eigenvalue weighted by atomic mass is 10.2. The van der Waals surface area contributed by atoms with Gasteiger partial charge in [-0.3, -0.25) is 9.69 Å². The number of furan rings is 1. The van der Waals surface area contributed by atoms with Crippen LogP contribution in [0.1, 0.15) is 24.2 Å². The van der Waals surface area contributed by atoms with Crippen molar-refractivity contribution in [2.24, 2.45) is 0 Å². The number of aryl methyl sites for hydroxylation is 1. The number of rotatable bonds is 9. The number of carbonyl (C=O) groups excluding carboxylic acids is 1. The van der Waals surface area contributed by atoms with E-state index in [1.807, 2.05) is 43.3 Å². The third kappa shape index (κ3) is 5.13. The lowest BCUT2D eigenvalue weighted by molar-refractivity contribution is -0.122. The second kappa shape index (κ2) is 8.02. The molecule has 1 aliphatic carbocycles. The summed E-state index contributed by atoms with van der Waals surface area (Å²) >= 11 is 0. The van der Waals surface area contributed by atoms with Gasteiger partial charge in [-0.15, -0.1) is 0 Å². The first-order valence-electron chi connectivity index (χ1n) is 8.43. The first kappa shape index (κ1) is 16.6. The molecule has 0 saturated heterocycles. The molecule has 1 heterocycles. The fourth-order valence-electron chi connectivity index (χ4n) is 2.66. The van der Waals surface area contributed by atoms with Crippen LogP contribution < -0.4 is 10.1 Å². The van der Waals surface area contributed by atoms with E-state index < -0.39 is 0 Å². The highest BCUT2D eigenvalue weighted by Gasteiger charge is 2.30. The average Bonchev–Trinajstić information content (AvgIpc) is 3.29. The quantitative estimate of drug-likeness (QED) is 0.719. The fraction of sp³-hybridized carbons (Fsp3) is 0.421. The summed E-state index contributed by atoms with van der Waals surface area (Å²) in [4.78, 5) is 14.3. The van der Waals surface area contributed by atoms with Crippen molar-refractivity contribution in [3.05, 3.63) is 54.0 Å². The molecule has 1 aromatic carbocycles. The Hall–Kier alpha value is -2.27. The van der Waals surface area contributed by atoms with Gasteiger partial charge in [-0.05, 0) is 49.6 Å². The van der Waals surface area contributed by atoms with Crippen LogP contribution in [-0.4, -0.2) is 36.5 Å². The highest BCUT2D eigenvalue weighted by Crippen LogP contribution is 2.28. The maximum absolute atomic E-state index is 12.1. The van der Waals surface area contributed by atoms with Crippen molar-refractivity contribution in [3.8, 4) is 5.75 Å². The Morgan fingerprint density at radius 2 is 2.21 bits per heavy atom. The van der Waals surface area contributed by atoms with Gasteiger partial charge in [-0.1, -0.05) is 12.1 Å². The topological polar surface area (TPSA) is 54.7 Å². The second-order valence-corrected chi connectivity index (χ2v) is 6.23. The smallest absolute Gasteiger partial charge is 0.234 e. The third-order valence-electron chi connectivity index (χ3n) is 4.03. The van der Waals surface area contributed by atoms with Crippen LogP contribution in [0.2, 0.25) is 0 Å². The summed E-state index contributed by atoms with van der Waals surface area (Å²) < 4.78 is 11.0. The summed E-state index contributed by atoms with van der Waals surface area (Å²) in [5, 5.41) is 2.92. The molecule has 0 radical (unpaired) electrons.